The number of hydrogen-bond donors (Lipinski definition) is 0. The van der Waals surface area contributed by atoms with Crippen molar-refractivity contribution in [1.29, 1.82) is 0 Å². The van der Waals surface area contributed by atoms with E-state index >= 15 is 0 Å². The first-order chi connectivity index (χ1) is 19.6. The Hall–Kier alpha value is -1.98. The van der Waals surface area contributed by atoms with Crippen LogP contribution < -0.4 is 9.64 Å². The molecule has 5 aromatic rings. The Labute approximate surface area is 276 Å². The van der Waals surface area contributed by atoms with Gasteiger partial charge < -0.3 is 9.64 Å². The highest BCUT2D eigenvalue weighted by atomic mass is 35.5. The van der Waals surface area contributed by atoms with Gasteiger partial charge in [-0.15, -0.1) is 0 Å². The van der Waals surface area contributed by atoms with Crippen LogP contribution in [0, 0.1) is 0 Å². The number of para-hydroxylation sites is 4. The first-order valence-electron chi connectivity index (χ1n) is 12.1. The normalized spacial score (nSPS) is 12.3. The molecule has 0 radical (unpaired) electrons. The molecule has 0 fully saturated rings. The summed E-state index contributed by atoms with van der Waals surface area (Å²) in [6.45, 7) is 0. The highest BCUT2D eigenvalue weighted by Crippen LogP contribution is 2.55. The fourth-order valence-electron chi connectivity index (χ4n) is 5.05. The number of benzene rings is 5. The van der Waals surface area contributed by atoms with Crippen LogP contribution in [-0.2, 0) is 0 Å². The van der Waals surface area contributed by atoms with E-state index in [9.17, 15) is 0 Å². The van der Waals surface area contributed by atoms with E-state index in [-0.39, 0.29) is 0 Å². The second-order valence-corrected chi connectivity index (χ2v) is 12.5. The number of fused-ring (bicyclic) bond motifs is 2. The van der Waals surface area contributed by atoms with Crippen LogP contribution >= 0.6 is 92.8 Å². The second kappa shape index (κ2) is 11.6. The molecule has 1 aliphatic rings. The molecular weight excluding hydrogens is 686 g/mol. The van der Waals surface area contributed by atoms with E-state index in [0.717, 1.165) is 11.4 Å². The van der Waals surface area contributed by atoms with Crippen molar-refractivity contribution >= 4 is 110 Å². The number of nitrogens with zero attached hydrogens (tertiary/aromatic N) is 1. The Balaban J connectivity index is 1.60. The van der Waals surface area contributed by atoms with Crippen molar-refractivity contribution in [2.75, 3.05) is 4.90 Å². The molecule has 10 heteroatoms. The lowest BCUT2D eigenvalue weighted by Crippen LogP contribution is -2.17. The summed E-state index contributed by atoms with van der Waals surface area (Å²) in [5.41, 5.74) is 3.85. The topological polar surface area (TPSA) is 12.5 Å². The smallest absolute Gasteiger partial charge is 0.151 e. The Morgan fingerprint density at radius 3 is 1.29 bits per heavy atom. The van der Waals surface area contributed by atoms with Crippen LogP contribution in [0.3, 0.4) is 0 Å². The maximum absolute atomic E-state index is 7.09. The van der Waals surface area contributed by atoms with Gasteiger partial charge in [0.15, 0.2) is 11.5 Å². The van der Waals surface area contributed by atoms with Crippen molar-refractivity contribution in [1.82, 2.24) is 0 Å². The maximum Gasteiger partial charge on any atom is 0.151 e. The molecule has 2 nitrogen and oxygen atoms in total. The molecule has 206 valence electrons. The van der Waals surface area contributed by atoms with Gasteiger partial charge in [-0.2, -0.15) is 0 Å². The Kier molecular flexibility index (Phi) is 8.24. The first-order valence-corrected chi connectivity index (χ1v) is 15.1. The third-order valence-electron chi connectivity index (χ3n) is 6.69. The molecule has 0 amide bonds. The van der Waals surface area contributed by atoms with Gasteiger partial charge in [0.1, 0.15) is 0 Å². The molecular formula is C31H15Cl8NO. The molecule has 0 N–H and O–H groups in total. The average Bonchev–Trinajstić information content (AvgIpc) is 2.90. The molecule has 5 aromatic carbocycles. The third-order valence-corrected chi connectivity index (χ3v) is 8.96. The average molecular weight is 701 g/mol. The fraction of sp³-hybridized carbons (Fsp3) is 0.0323. The Morgan fingerprint density at radius 2 is 0.878 bits per heavy atom. The monoisotopic (exact) mass is 697 g/mol. The van der Waals surface area contributed by atoms with Crippen molar-refractivity contribution in [3.63, 3.8) is 0 Å². The van der Waals surface area contributed by atoms with E-state index in [4.69, 9.17) is 97.5 Å². The number of hydrogen-bond acceptors (Lipinski definition) is 2. The van der Waals surface area contributed by atoms with E-state index in [2.05, 4.69) is 0 Å². The largest absolute Gasteiger partial charge is 0.453 e. The summed E-state index contributed by atoms with van der Waals surface area (Å²) in [5.74, 6) is 0.664. The van der Waals surface area contributed by atoms with Gasteiger partial charge >= 0.3 is 0 Å². The molecule has 0 spiro atoms. The highest BCUT2D eigenvalue weighted by Gasteiger charge is 2.32. The molecule has 1 aliphatic heterocycles. The van der Waals surface area contributed by atoms with Gasteiger partial charge in [-0.05, 0) is 66.2 Å². The predicted molar refractivity (Wildman–Crippen MR) is 175 cm³/mol. The molecule has 0 saturated heterocycles. The number of ether oxygens (including phenoxy) is 1. The van der Waals surface area contributed by atoms with E-state index in [1.54, 1.807) is 36.4 Å². The minimum atomic E-state index is -0.669. The van der Waals surface area contributed by atoms with Crippen LogP contribution in [0.15, 0.2) is 84.9 Å². The first kappa shape index (κ1) is 29.1. The van der Waals surface area contributed by atoms with Crippen LogP contribution in [-0.4, -0.2) is 0 Å². The summed E-state index contributed by atoms with van der Waals surface area (Å²) < 4.78 is 6.15. The van der Waals surface area contributed by atoms with Gasteiger partial charge in [-0.25, -0.2) is 0 Å². The standard InChI is InChI=1S/C31H15Cl8NO/c32-16-11-18(34)29(19(35)12-16)28(30-20(36)13-17(33)14-21(30)37)15-9-22(38)31(23(39)10-15)40-24-5-1-3-7-26(24)41-27-8-4-2-6-25(27)40/h1-14,28H. The highest BCUT2D eigenvalue weighted by molar-refractivity contribution is 6.42. The number of rotatable bonds is 4. The van der Waals surface area contributed by atoms with Crippen LogP contribution in [0.4, 0.5) is 17.1 Å². The van der Waals surface area contributed by atoms with Gasteiger partial charge in [0.05, 0.1) is 27.1 Å². The number of anilines is 3. The summed E-state index contributed by atoms with van der Waals surface area (Å²) in [7, 11) is 0. The quantitative estimate of drug-likeness (QED) is 0.170. The molecule has 6 rings (SSSR count). The predicted octanol–water partition coefficient (Wildman–Crippen LogP) is 13.7. The molecule has 0 saturated carbocycles. The zero-order valence-electron chi connectivity index (χ0n) is 20.5. The van der Waals surface area contributed by atoms with Crippen molar-refractivity contribution in [3.8, 4) is 11.5 Å². The Morgan fingerprint density at radius 1 is 0.488 bits per heavy atom. The Bertz CT molecular complexity index is 1670. The SMILES string of the molecule is Clc1cc(Cl)c(C(c2cc(Cl)c(N3c4ccccc4Oc4ccccc43)c(Cl)c2)c2c(Cl)cc(Cl)cc2Cl)c(Cl)c1. The summed E-state index contributed by atoms with van der Waals surface area (Å²) in [6.07, 6.45) is 0. The number of halogens is 8. The van der Waals surface area contributed by atoms with Gasteiger partial charge in [0, 0.05) is 47.2 Å². The summed E-state index contributed by atoms with van der Waals surface area (Å²) in [6, 6.07) is 25.3. The molecule has 0 aromatic heterocycles. The third kappa shape index (κ3) is 5.35. The van der Waals surface area contributed by atoms with Crippen LogP contribution in [0.1, 0.15) is 22.6 Å². The minimum Gasteiger partial charge on any atom is -0.453 e. The summed E-state index contributed by atoms with van der Waals surface area (Å²) >= 11 is 53.6. The lowest BCUT2D eigenvalue weighted by molar-refractivity contribution is 0.477. The van der Waals surface area contributed by atoms with Crippen LogP contribution in [0.2, 0.25) is 40.2 Å². The van der Waals surface area contributed by atoms with Crippen molar-refractivity contribution < 1.29 is 4.74 Å². The van der Waals surface area contributed by atoms with Gasteiger partial charge in [0.25, 0.3) is 0 Å². The lowest BCUT2D eigenvalue weighted by atomic mass is 9.84. The van der Waals surface area contributed by atoms with Gasteiger partial charge in [-0.1, -0.05) is 117 Å². The zero-order valence-corrected chi connectivity index (χ0v) is 26.6. The fourth-order valence-corrected chi connectivity index (χ4v) is 7.79. The van der Waals surface area contributed by atoms with Crippen molar-refractivity contribution in [2.24, 2.45) is 0 Å². The molecule has 1 heterocycles. The molecule has 0 atom stereocenters. The lowest BCUT2D eigenvalue weighted by Gasteiger charge is -2.34. The van der Waals surface area contributed by atoms with E-state index in [1.807, 2.05) is 53.4 Å². The van der Waals surface area contributed by atoms with Crippen molar-refractivity contribution in [2.45, 2.75) is 5.92 Å². The summed E-state index contributed by atoms with van der Waals surface area (Å²) in [5, 5.41) is 2.78. The molecule has 41 heavy (non-hydrogen) atoms. The summed E-state index contributed by atoms with van der Waals surface area (Å²) in [4.78, 5) is 1.97. The van der Waals surface area contributed by atoms with E-state index in [1.165, 1.54) is 0 Å². The maximum atomic E-state index is 7.09. The zero-order chi connectivity index (χ0) is 29.0. The van der Waals surface area contributed by atoms with Gasteiger partial charge in [0.2, 0.25) is 0 Å². The molecule has 0 aliphatic carbocycles. The van der Waals surface area contributed by atoms with E-state index < -0.39 is 5.92 Å². The van der Waals surface area contributed by atoms with Gasteiger partial charge in [-0.3, -0.25) is 0 Å². The van der Waals surface area contributed by atoms with Crippen LogP contribution in [0.25, 0.3) is 0 Å². The molecule has 0 bridgehead atoms. The van der Waals surface area contributed by atoms with Crippen molar-refractivity contribution in [3.05, 3.63) is 142 Å². The van der Waals surface area contributed by atoms with Crippen LogP contribution in [0.5, 0.6) is 11.5 Å². The second-order valence-electron chi connectivity index (χ2n) is 9.21. The molecule has 0 unspecified atom stereocenters. The minimum absolute atomic E-state index is 0.321. The van der Waals surface area contributed by atoms with E-state index in [0.29, 0.717) is 74.1 Å².